The molecule has 4 rings (SSSR count). The molecule has 1 N–H and O–H groups in total. The number of thioether (sulfide) groups is 1. The summed E-state index contributed by atoms with van der Waals surface area (Å²) in [7, 11) is 0. The number of amides is 1. The fourth-order valence-electron chi connectivity index (χ4n) is 3.06. The number of hydrogen-bond donors (Lipinski definition) is 1. The number of aromatic nitrogens is 3. The van der Waals surface area contributed by atoms with Gasteiger partial charge in [-0.05, 0) is 48.5 Å². The summed E-state index contributed by atoms with van der Waals surface area (Å²) in [5.41, 5.74) is 1.23. The number of para-hydroxylation sites is 3. The molecular formula is C23H16F4N4O2S. The molecule has 0 saturated carbocycles. The molecule has 0 aliphatic carbocycles. The van der Waals surface area contributed by atoms with Crippen molar-refractivity contribution in [2.24, 2.45) is 0 Å². The molecule has 0 spiro atoms. The van der Waals surface area contributed by atoms with E-state index in [2.05, 4.69) is 20.3 Å². The van der Waals surface area contributed by atoms with Crippen molar-refractivity contribution < 1.29 is 27.1 Å². The van der Waals surface area contributed by atoms with Crippen molar-refractivity contribution in [3.63, 3.8) is 0 Å². The van der Waals surface area contributed by atoms with Crippen molar-refractivity contribution in [3.05, 3.63) is 84.7 Å². The second-order valence-corrected chi connectivity index (χ2v) is 7.81. The van der Waals surface area contributed by atoms with E-state index in [0.29, 0.717) is 16.5 Å². The van der Waals surface area contributed by atoms with Crippen LogP contribution in [0.5, 0.6) is 5.75 Å². The van der Waals surface area contributed by atoms with Gasteiger partial charge in [0.1, 0.15) is 5.82 Å². The van der Waals surface area contributed by atoms with E-state index in [0.717, 1.165) is 23.5 Å². The Labute approximate surface area is 195 Å². The maximum absolute atomic E-state index is 13.4. The lowest BCUT2D eigenvalue weighted by atomic mass is 10.2. The van der Waals surface area contributed by atoms with Crippen LogP contribution in [0.15, 0.2) is 84.0 Å². The Morgan fingerprint density at radius 3 is 2.32 bits per heavy atom. The Morgan fingerprint density at radius 1 is 0.941 bits per heavy atom. The van der Waals surface area contributed by atoms with Gasteiger partial charge in [0.25, 0.3) is 0 Å². The van der Waals surface area contributed by atoms with E-state index < -0.39 is 23.8 Å². The quantitative estimate of drug-likeness (QED) is 0.267. The van der Waals surface area contributed by atoms with Crippen molar-refractivity contribution in [1.29, 1.82) is 0 Å². The van der Waals surface area contributed by atoms with Gasteiger partial charge >= 0.3 is 6.36 Å². The van der Waals surface area contributed by atoms with E-state index >= 15 is 0 Å². The number of carbonyl (C=O) groups excluding carboxylic acids is 1. The number of alkyl halides is 3. The highest BCUT2D eigenvalue weighted by molar-refractivity contribution is 7.99. The highest BCUT2D eigenvalue weighted by Gasteiger charge is 2.32. The number of carbonyl (C=O) groups is 1. The summed E-state index contributed by atoms with van der Waals surface area (Å²) in [6, 6.07) is 20.1. The molecule has 174 valence electrons. The molecule has 6 nitrogen and oxygen atoms in total. The first-order valence-corrected chi connectivity index (χ1v) is 10.8. The molecule has 0 fully saturated rings. The highest BCUT2D eigenvalue weighted by Crippen LogP contribution is 2.31. The number of ether oxygens (including phenoxy) is 1. The molecule has 0 aliphatic rings. The lowest BCUT2D eigenvalue weighted by Crippen LogP contribution is -2.20. The number of nitrogens with one attached hydrogen (secondary N) is 1. The first-order valence-electron chi connectivity index (χ1n) is 9.84. The molecule has 0 atom stereocenters. The number of benzene rings is 3. The predicted molar refractivity (Wildman–Crippen MR) is 119 cm³/mol. The molecule has 0 saturated heterocycles. The van der Waals surface area contributed by atoms with Gasteiger partial charge in [0.15, 0.2) is 16.7 Å². The molecule has 0 unspecified atom stereocenters. The lowest BCUT2D eigenvalue weighted by molar-refractivity contribution is -0.274. The molecule has 0 radical (unpaired) electrons. The third-order valence-electron chi connectivity index (χ3n) is 4.47. The largest absolute Gasteiger partial charge is 0.573 e. The van der Waals surface area contributed by atoms with Crippen molar-refractivity contribution in [3.8, 4) is 22.8 Å². The standard InChI is InChI=1S/C23H16F4N4O2S/c24-16-12-10-15(11-13-16)21-29-30-22(31(21)17-6-2-1-3-7-17)34-14-20(32)28-18-8-4-5-9-19(18)33-23(25,26)27/h1-13H,14H2,(H,28,32). The topological polar surface area (TPSA) is 69.0 Å². The molecule has 4 aromatic rings. The highest BCUT2D eigenvalue weighted by atomic mass is 32.2. The molecule has 1 heterocycles. The molecule has 0 bridgehead atoms. The van der Waals surface area contributed by atoms with Crippen LogP contribution in [0.3, 0.4) is 0 Å². The average molecular weight is 488 g/mol. The Bertz CT molecular complexity index is 1280. The van der Waals surface area contributed by atoms with Crippen molar-refractivity contribution in [2.75, 3.05) is 11.1 Å². The van der Waals surface area contributed by atoms with E-state index in [1.165, 1.54) is 30.3 Å². The molecule has 1 aromatic heterocycles. The summed E-state index contributed by atoms with van der Waals surface area (Å²) < 4.78 is 56.9. The number of hydrogen-bond acceptors (Lipinski definition) is 5. The monoisotopic (exact) mass is 488 g/mol. The van der Waals surface area contributed by atoms with Crippen molar-refractivity contribution >= 4 is 23.4 Å². The Morgan fingerprint density at radius 2 is 1.62 bits per heavy atom. The zero-order chi connectivity index (χ0) is 24.1. The lowest BCUT2D eigenvalue weighted by Gasteiger charge is -2.14. The maximum atomic E-state index is 13.4. The molecule has 11 heteroatoms. The fraction of sp³-hybridized carbons (Fsp3) is 0.0870. The van der Waals surface area contributed by atoms with Crippen LogP contribution >= 0.6 is 11.8 Å². The molecule has 34 heavy (non-hydrogen) atoms. The molecule has 0 aliphatic heterocycles. The fourth-order valence-corrected chi connectivity index (χ4v) is 3.81. The van der Waals surface area contributed by atoms with Crippen LogP contribution in [-0.2, 0) is 4.79 Å². The van der Waals surface area contributed by atoms with E-state index in [9.17, 15) is 22.4 Å². The molecular weight excluding hydrogens is 472 g/mol. The van der Waals surface area contributed by atoms with Gasteiger partial charge in [0.2, 0.25) is 5.91 Å². The molecule has 3 aromatic carbocycles. The first-order chi connectivity index (χ1) is 16.3. The van der Waals surface area contributed by atoms with Gasteiger partial charge in [-0.15, -0.1) is 23.4 Å². The number of nitrogens with zero attached hydrogens (tertiary/aromatic N) is 3. The molecule has 1 amide bonds. The predicted octanol–water partition coefficient (Wildman–Crippen LogP) is 5.70. The summed E-state index contributed by atoms with van der Waals surface area (Å²) in [6.07, 6.45) is -4.89. The summed E-state index contributed by atoms with van der Waals surface area (Å²) in [5.74, 6) is -1.18. The minimum absolute atomic E-state index is 0.109. The van der Waals surface area contributed by atoms with Crippen LogP contribution in [0.25, 0.3) is 17.1 Å². The van der Waals surface area contributed by atoms with Crippen LogP contribution in [-0.4, -0.2) is 32.8 Å². The zero-order valence-corrected chi connectivity index (χ0v) is 18.1. The van der Waals surface area contributed by atoms with Gasteiger partial charge in [-0.2, -0.15) is 0 Å². The van der Waals surface area contributed by atoms with Crippen LogP contribution in [0, 0.1) is 5.82 Å². The SMILES string of the molecule is O=C(CSc1nnc(-c2ccc(F)cc2)n1-c1ccccc1)Nc1ccccc1OC(F)(F)F. The van der Waals surface area contributed by atoms with Crippen LogP contribution < -0.4 is 10.1 Å². The zero-order valence-electron chi connectivity index (χ0n) is 17.3. The van der Waals surface area contributed by atoms with Crippen molar-refractivity contribution in [1.82, 2.24) is 14.8 Å². The van der Waals surface area contributed by atoms with E-state index in [-0.39, 0.29) is 11.4 Å². The third kappa shape index (κ3) is 5.73. The van der Waals surface area contributed by atoms with Crippen molar-refractivity contribution in [2.45, 2.75) is 11.5 Å². The normalized spacial score (nSPS) is 11.3. The van der Waals surface area contributed by atoms with E-state index in [1.54, 1.807) is 16.7 Å². The Balaban J connectivity index is 1.55. The smallest absolute Gasteiger partial charge is 0.404 e. The minimum atomic E-state index is -4.89. The second kappa shape index (κ2) is 9.96. The van der Waals surface area contributed by atoms with Crippen LogP contribution in [0.2, 0.25) is 0 Å². The number of rotatable bonds is 7. The number of halogens is 4. The summed E-state index contributed by atoms with van der Waals surface area (Å²) in [5, 5.41) is 11.2. The Kier molecular flexibility index (Phi) is 6.82. The maximum Gasteiger partial charge on any atom is 0.573 e. The van der Waals surface area contributed by atoms with E-state index in [1.807, 2.05) is 30.3 Å². The van der Waals surface area contributed by atoms with Gasteiger partial charge < -0.3 is 10.1 Å². The summed E-state index contributed by atoms with van der Waals surface area (Å²) in [6.45, 7) is 0. The van der Waals surface area contributed by atoms with Gasteiger partial charge in [-0.1, -0.05) is 42.1 Å². The summed E-state index contributed by atoms with van der Waals surface area (Å²) >= 11 is 1.05. The minimum Gasteiger partial charge on any atom is -0.404 e. The average Bonchev–Trinajstić information content (AvgIpc) is 3.23. The van der Waals surface area contributed by atoms with Gasteiger partial charge in [0.05, 0.1) is 11.4 Å². The summed E-state index contributed by atoms with van der Waals surface area (Å²) in [4.78, 5) is 12.5. The second-order valence-electron chi connectivity index (χ2n) is 6.86. The van der Waals surface area contributed by atoms with Gasteiger partial charge in [0, 0.05) is 11.3 Å². The Hall–Kier alpha value is -3.86. The van der Waals surface area contributed by atoms with Crippen LogP contribution in [0.4, 0.5) is 23.2 Å². The van der Waals surface area contributed by atoms with Gasteiger partial charge in [-0.25, -0.2) is 4.39 Å². The first kappa shape index (κ1) is 23.3. The van der Waals surface area contributed by atoms with Crippen LogP contribution in [0.1, 0.15) is 0 Å². The van der Waals surface area contributed by atoms with Gasteiger partial charge in [-0.3, -0.25) is 9.36 Å². The van der Waals surface area contributed by atoms with E-state index in [4.69, 9.17) is 0 Å². The third-order valence-corrected chi connectivity index (χ3v) is 5.40. The number of anilines is 1.